The van der Waals surface area contributed by atoms with E-state index in [4.69, 9.17) is 5.73 Å². The SMILES string of the molecule is CN(C)CCCCC(=O)CCCC(=O)c1nc(CC(=O)c2cc(CC(=O)CCCC(=O)c3nc(CC(=O)c4nc(CC(=O)c5nc(CC(=O)CCCNC(=O)c6cc(NC(=O)c7cc(NC(=O)c8cc(NC(=O)CCNC(=O)c9cc(NC(=O)c%10cc(NC(=O)CCNC(=O)CCN)cn%10C)cn9C)cn8C)cn7C)cn6C)cn5C)cn4C)cn3C)cn2C)cn1C. The number of aromatic nitrogens is 14. The van der Waals surface area contributed by atoms with Gasteiger partial charge in [-0.1, -0.05) is 0 Å². The Morgan fingerprint density at radius 2 is 0.625 bits per heavy atom. The molecule has 8 amide bonds. The summed E-state index contributed by atoms with van der Waals surface area (Å²) in [5, 5.41) is 21.8. The topological polar surface area (TPSA) is 499 Å². The third kappa shape index (κ3) is 26.6. The second-order valence-electron chi connectivity index (χ2n) is 32.2. The minimum Gasteiger partial charge on any atom is -0.356 e. The van der Waals surface area contributed by atoms with Crippen molar-refractivity contribution in [2.45, 2.75) is 122 Å². The molecule has 0 saturated carbocycles. The van der Waals surface area contributed by atoms with Crippen molar-refractivity contribution in [3.63, 3.8) is 0 Å². The number of anilines is 5. The molecule has 10 heterocycles. The molecule has 10 N–H and O–H groups in total. The molecule has 0 radical (unpaired) electrons. The number of nitrogens with two attached hydrogens (primary N) is 1. The van der Waals surface area contributed by atoms with Crippen molar-refractivity contribution in [3.8, 4) is 0 Å². The lowest BCUT2D eigenvalue weighted by atomic mass is 10.0. The summed E-state index contributed by atoms with van der Waals surface area (Å²) in [7, 11) is 20.3. The molecule has 0 fully saturated rings. The maximum absolute atomic E-state index is 13.7. The second-order valence-corrected chi connectivity index (χ2v) is 32.2. The van der Waals surface area contributed by atoms with E-state index in [1.54, 1.807) is 129 Å². The van der Waals surface area contributed by atoms with Gasteiger partial charge in [0, 0.05) is 223 Å². The molecular weight excluding hydrogens is 1650 g/mol. The van der Waals surface area contributed by atoms with Crippen LogP contribution in [0.25, 0.3) is 0 Å². The van der Waals surface area contributed by atoms with Crippen LogP contribution in [0.5, 0.6) is 0 Å². The van der Waals surface area contributed by atoms with Gasteiger partial charge in [0.25, 0.3) is 29.5 Å². The highest BCUT2D eigenvalue weighted by Crippen LogP contribution is 2.25. The molecule has 0 aliphatic carbocycles. The Morgan fingerprint density at radius 3 is 1.04 bits per heavy atom. The number of aryl methyl sites for hydroxylation is 10. The molecule has 678 valence electrons. The van der Waals surface area contributed by atoms with Crippen molar-refractivity contribution in [2.75, 3.05) is 73.4 Å². The summed E-state index contributed by atoms with van der Waals surface area (Å²) < 4.78 is 15.3. The van der Waals surface area contributed by atoms with Crippen molar-refractivity contribution in [3.05, 3.63) is 184 Å². The summed E-state index contributed by atoms with van der Waals surface area (Å²) in [4.78, 5) is 230. The zero-order valence-electron chi connectivity index (χ0n) is 74.0. The first-order chi connectivity index (χ1) is 60.8. The smallest absolute Gasteiger partial charge is 0.272 e. The van der Waals surface area contributed by atoms with Crippen LogP contribution in [0.2, 0.25) is 0 Å². The number of hydrogen-bond acceptors (Lipinski definition) is 22. The van der Waals surface area contributed by atoms with Crippen LogP contribution in [0.1, 0.15) is 224 Å². The van der Waals surface area contributed by atoms with Gasteiger partial charge in [0.1, 0.15) is 45.8 Å². The van der Waals surface area contributed by atoms with Gasteiger partial charge >= 0.3 is 0 Å². The van der Waals surface area contributed by atoms with E-state index in [1.165, 1.54) is 85.5 Å². The van der Waals surface area contributed by atoms with E-state index >= 15 is 0 Å². The Balaban J connectivity index is 0.594. The molecule has 40 nitrogen and oxygen atoms in total. The third-order valence-electron chi connectivity index (χ3n) is 21.0. The first-order valence-electron chi connectivity index (χ1n) is 41.8. The number of carbonyl (C=O) groups is 16. The molecule has 0 saturated heterocycles. The summed E-state index contributed by atoms with van der Waals surface area (Å²) in [5.74, 6) is -5.06. The molecule has 128 heavy (non-hydrogen) atoms. The second kappa shape index (κ2) is 43.9. The van der Waals surface area contributed by atoms with Crippen LogP contribution in [0.3, 0.4) is 0 Å². The molecule has 10 aromatic rings. The van der Waals surface area contributed by atoms with Crippen LogP contribution in [0, 0.1) is 0 Å². The minimum atomic E-state index is -0.557. The Labute approximate surface area is 737 Å². The molecular formula is C88H110N24O16. The van der Waals surface area contributed by atoms with E-state index in [2.05, 4.69) is 67.4 Å². The molecule has 0 spiro atoms. The fraction of sp³-hybridized carbons (Fsp3) is 0.409. The number of amides is 8. The average Bonchev–Trinajstić information content (AvgIpc) is 1.70. The number of imidazole rings is 4. The molecule has 0 aliphatic rings. The Bertz CT molecular complexity index is 5890. The standard InChI is InChI=1S/C88H110N24O16/c1-102(2)31-14-13-18-63(113)19-15-22-72(116)80-96-60(50-109(80)9)40-74(118)66-33-53(43-103(66)3)32-64(114)20-16-23-73(117)81-97-61(51-110(81)10)41-76(120)83-98-62(52-112(83)12)42-75(119)82-95-54(49-111(82)11)34-65(115)21-17-28-91-84(124)67-37-57(46-104(67)4)100-88(128)71-39-59(48-108(71)8)101-87(127)70-36-56(45-107(70)7)94-79(123)26-30-92-85(125)68-38-58(47-105(68)5)99-86(126)69-35-55(44-106(69)6)93-78(122)25-29-90-77(121)24-27-89/h33,35-39,43-52H,13-32,34,40-42,89H2,1-12H3,(H,90,121)(H,91,124)(H,92,125)(H,93,122)(H,94,123)(H,99,126)(H,100,128)(H,101,127). The fourth-order valence-electron chi connectivity index (χ4n) is 14.7. The van der Waals surface area contributed by atoms with Crippen LogP contribution >= 0.6 is 0 Å². The zero-order chi connectivity index (χ0) is 92.9. The van der Waals surface area contributed by atoms with Gasteiger partial charge in [-0.3, -0.25) is 76.7 Å². The largest absolute Gasteiger partial charge is 0.356 e. The molecule has 10 aromatic heterocycles. The van der Waals surface area contributed by atoms with E-state index in [0.29, 0.717) is 76.0 Å². The highest BCUT2D eigenvalue weighted by atomic mass is 16.2. The summed E-state index contributed by atoms with van der Waals surface area (Å²) in [6.45, 7) is 1.30. The fourth-order valence-corrected chi connectivity index (χ4v) is 14.7. The maximum atomic E-state index is 13.7. The lowest BCUT2D eigenvalue weighted by molar-refractivity contribution is -0.121. The molecule has 0 atom stereocenters. The number of ketones is 8. The highest BCUT2D eigenvalue weighted by Gasteiger charge is 2.28. The van der Waals surface area contributed by atoms with Crippen LogP contribution in [0.15, 0.2) is 98.4 Å². The lowest BCUT2D eigenvalue weighted by Gasteiger charge is -2.08. The quantitative estimate of drug-likeness (QED) is 0.0171. The van der Waals surface area contributed by atoms with Gasteiger partial charge < -0.3 is 98.8 Å². The van der Waals surface area contributed by atoms with Gasteiger partial charge in [-0.15, -0.1) is 0 Å². The Kier molecular flexibility index (Phi) is 32.9. The van der Waals surface area contributed by atoms with Gasteiger partial charge in [-0.25, -0.2) is 19.9 Å². The molecule has 0 aromatic carbocycles. The number of nitrogens with one attached hydrogen (secondary N) is 8. The number of carbonyl (C=O) groups excluding carboxylic acids is 16. The maximum Gasteiger partial charge on any atom is 0.272 e. The molecule has 0 bridgehead atoms. The monoisotopic (exact) mass is 1760 g/mol. The molecule has 40 heteroatoms. The molecule has 10 rings (SSSR count). The Morgan fingerprint density at radius 1 is 0.289 bits per heavy atom. The Hall–Kier alpha value is -14.4. The number of rotatable bonds is 50. The van der Waals surface area contributed by atoms with Crippen LogP contribution in [0.4, 0.5) is 28.4 Å². The molecule has 0 unspecified atom stereocenters. The van der Waals surface area contributed by atoms with Crippen LogP contribution in [-0.2, 0) is 131 Å². The summed E-state index contributed by atoms with van der Waals surface area (Å²) in [5.41, 5.74) is 10.2. The van der Waals surface area contributed by atoms with Crippen LogP contribution in [-0.4, -0.2) is 211 Å². The van der Waals surface area contributed by atoms with Gasteiger partial charge in [-0.05, 0) is 94.7 Å². The summed E-state index contributed by atoms with van der Waals surface area (Å²) >= 11 is 0. The number of nitrogens with zero attached hydrogens (tertiary/aromatic N) is 15. The number of hydrogen-bond donors (Lipinski definition) is 9. The van der Waals surface area contributed by atoms with E-state index in [0.717, 1.165) is 19.4 Å². The van der Waals surface area contributed by atoms with E-state index in [9.17, 15) is 76.7 Å². The highest BCUT2D eigenvalue weighted by molar-refractivity contribution is 6.09. The lowest BCUT2D eigenvalue weighted by Crippen LogP contribution is -2.29. The van der Waals surface area contributed by atoms with Crippen LogP contribution < -0.4 is 48.3 Å². The van der Waals surface area contributed by atoms with Crippen molar-refractivity contribution >= 4 is 122 Å². The third-order valence-corrected chi connectivity index (χ3v) is 21.0. The summed E-state index contributed by atoms with van der Waals surface area (Å²) in [6.07, 6.45) is 19.1. The average molecular weight is 1760 g/mol. The van der Waals surface area contributed by atoms with Crippen molar-refractivity contribution in [1.82, 2.24) is 86.5 Å². The first kappa shape index (κ1) is 95.8. The predicted octanol–water partition coefficient (Wildman–Crippen LogP) is 5.38. The van der Waals surface area contributed by atoms with Crippen molar-refractivity contribution in [1.29, 1.82) is 0 Å². The van der Waals surface area contributed by atoms with Gasteiger partial charge in [0.2, 0.25) is 29.3 Å². The molecule has 0 aliphatic heterocycles. The first-order valence-corrected chi connectivity index (χ1v) is 41.8. The van der Waals surface area contributed by atoms with Crippen molar-refractivity contribution in [2.24, 2.45) is 76.2 Å². The van der Waals surface area contributed by atoms with E-state index in [-0.39, 0.29) is 220 Å². The summed E-state index contributed by atoms with van der Waals surface area (Å²) in [6, 6.07) is 9.01. The van der Waals surface area contributed by atoms with Crippen molar-refractivity contribution < 1.29 is 76.7 Å². The zero-order valence-corrected chi connectivity index (χ0v) is 74.0. The van der Waals surface area contributed by atoms with Gasteiger partial charge in [0.05, 0.1) is 82.6 Å². The predicted molar refractivity (Wildman–Crippen MR) is 472 cm³/mol. The number of unbranched alkanes of at least 4 members (excludes halogenated alkanes) is 1. The number of Topliss-reactive ketones (excluding diaryl/α,β-unsaturated/α-hetero) is 8. The van der Waals surface area contributed by atoms with Gasteiger partial charge in [-0.2, -0.15) is 0 Å². The normalized spacial score (nSPS) is 11.2. The van der Waals surface area contributed by atoms with Gasteiger partial charge in [0.15, 0.2) is 40.6 Å². The minimum absolute atomic E-state index is 0.00877. The van der Waals surface area contributed by atoms with E-state index in [1.807, 2.05) is 14.1 Å². The van der Waals surface area contributed by atoms with E-state index < -0.39 is 47.0 Å².